The van der Waals surface area contributed by atoms with Gasteiger partial charge in [0.1, 0.15) is 11.7 Å². The summed E-state index contributed by atoms with van der Waals surface area (Å²) in [6.07, 6.45) is 2.15. The molecule has 9 nitrogen and oxygen atoms in total. The number of anilines is 2. The van der Waals surface area contributed by atoms with Gasteiger partial charge in [-0.05, 0) is 37.6 Å². The van der Waals surface area contributed by atoms with Crippen LogP contribution >= 0.6 is 0 Å². The zero-order chi connectivity index (χ0) is 24.6. The van der Waals surface area contributed by atoms with E-state index in [0.717, 1.165) is 5.56 Å². The topological polar surface area (TPSA) is 124 Å². The molecule has 0 aromatic carbocycles. The summed E-state index contributed by atoms with van der Waals surface area (Å²) in [7, 11) is 0. The van der Waals surface area contributed by atoms with Crippen LogP contribution in [-0.2, 0) is 0 Å². The fourth-order valence-corrected chi connectivity index (χ4v) is 4.09. The minimum absolute atomic E-state index is 0.0308. The van der Waals surface area contributed by atoms with Crippen LogP contribution in [0.25, 0.3) is 5.65 Å². The minimum Gasteiger partial charge on any atom is -0.476 e. The first-order valence-corrected chi connectivity index (χ1v) is 10.7. The third-order valence-corrected chi connectivity index (χ3v) is 5.83. The molecule has 1 unspecified atom stereocenters. The first kappa shape index (κ1) is 23.1. The van der Waals surface area contributed by atoms with Gasteiger partial charge in [0.2, 0.25) is 0 Å². The summed E-state index contributed by atoms with van der Waals surface area (Å²) in [5.41, 5.74) is 0.881. The van der Waals surface area contributed by atoms with E-state index in [-0.39, 0.29) is 41.5 Å². The van der Waals surface area contributed by atoms with E-state index in [1.54, 1.807) is 43.1 Å². The second kappa shape index (κ2) is 8.70. The Morgan fingerprint density at radius 2 is 2.06 bits per heavy atom. The molecule has 3 aromatic rings. The molecule has 0 saturated carbocycles. The molecular formula is C23H22F2N6O3. The molecule has 0 spiro atoms. The number of hydrogen-bond acceptors (Lipinski definition) is 7. The molecule has 0 aliphatic carbocycles. The van der Waals surface area contributed by atoms with Gasteiger partial charge in [-0.25, -0.2) is 23.5 Å². The third-order valence-electron chi connectivity index (χ3n) is 5.83. The lowest BCUT2D eigenvalue weighted by Gasteiger charge is -2.33. The molecule has 0 amide bonds. The number of alkyl halides is 2. The minimum atomic E-state index is -2.79. The highest BCUT2D eigenvalue weighted by Gasteiger charge is 2.35. The highest BCUT2D eigenvalue weighted by molar-refractivity contribution is 5.91. The van der Waals surface area contributed by atoms with E-state index in [1.165, 1.54) is 10.6 Å². The molecule has 34 heavy (non-hydrogen) atoms. The van der Waals surface area contributed by atoms with E-state index in [9.17, 15) is 28.7 Å². The molecule has 1 atom stereocenters. The van der Waals surface area contributed by atoms with Crippen molar-refractivity contribution in [3.63, 3.8) is 0 Å². The number of halogens is 2. The second-order valence-electron chi connectivity index (χ2n) is 8.31. The standard InChI is InChI=1S/C23H22F2N6O3/c1-13-10-15(14(2)28-17-4-3-7-27-18(17)22(33)34)20-29-19(16(11-26)21(32)31(20)12-13)30-8-5-23(24,25)6-9-30/h3-4,7,10,12,14,28H,5-6,8-9H2,1-2H3,(H,33,34). The highest BCUT2D eigenvalue weighted by atomic mass is 19.3. The maximum absolute atomic E-state index is 13.7. The zero-order valence-corrected chi connectivity index (χ0v) is 18.5. The van der Waals surface area contributed by atoms with Gasteiger partial charge in [0.25, 0.3) is 11.5 Å². The molecule has 1 aliphatic heterocycles. The molecule has 176 valence electrons. The Labute approximate surface area is 193 Å². The Hall–Kier alpha value is -4.07. The van der Waals surface area contributed by atoms with Crippen LogP contribution in [0.5, 0.6) is 0 Å². The smallest absolute Gasteiger partial charge is 0.356 e. The lowest BCUT2D eigenvalue weighted by atomic mass is 10.1. The first-order chi connectivity index (χ1) is 16.1. The van der Waals surface area contributed by atoms with Crippen molar-refractivity contribution in [1.29, 1.82) is 5.26 Å². The molecule has 0 radical (unpaired) electrons. The van der Waals surface area contributed by atoms with Gasteiger partial charge in [0.05, 0.1) is 11.7 Å². The molecular weight excluding hydrogens is 446 g/mol. The Morgan fingerprint density at radius 1 is 1.35 bits per heavy atom. The number of carbonyl (C=O) groups is 1. The second-order valence-corrected chi connectivity index (χ2v) is 8.31. The van der Waals surface area contributed by atoms with Gasteiger partial charge >= 0.3 is 5.97 Å². The fourth-order valence-electron chi connectivity index (χ4n) is 4.09. The van der Waals surface area contributed by atoms with Gasteiger partial charge in [0, 0.05) is 43.9 Å². The van der Waals surface area contributed by atoms with Gasteiger partial charge in [0.15, 0.2) is 17.1 Å². The van der Waals surface area contributed by atoms with Crippen molar-refractivity contribution in [1.82, 2.24) is 14.4 Å². The fraction of sp³-hybridized carbons (Fsp3) is 0.348. The number of aromatic carboxylic acids is 1. The quantitative estimate of drug-likeness (QED) is 0.584. The van der Waals surface area contributed by atoms with Crippen LogP contribution in [0.1, 0.15) is 53.0 Å². The predicted octanol–water partition coefficient (Wildman–Crippen LogP) is 3.38. The summed E-state index contributed by atoms with van der Waals surface area (Å²) in [5, 5.41) is 22.2. The van der Waals surface area contributed by atoms with Crippen LogP contribution in [0.2, 0.25) is 0 Å². The van der Waals surface area contributed by atoms with Gasteiger partial charge in [-0.2, -0.15) is 5.26 Å². The number of rotatable bonds is 5. The number of carboxylic acids is 1. The zero-order valence-electron chi connectivity index (χ0n) is 18.5. The van der Waals surface area contributed by atoms with Crippen molar-refractivity contribution >= 4 is 23.1 Å². The van der Waals surface area contributed by atoms with Crippen molar-refractivity contribution in [2.24, 2.45) is 0 Å². The summed E-state index contributed by atoms with van der Waals surface area (Å²) >= 11 is 0. The summed E-state index contributed by atoms with van der Waals surface area (Å²) in [6.45, 7) is 3.49. The monoisotopic (exact) mass is 468 g/mol. The predicted molar refractivity (Wildman–Crippen MR) is 121 cm³/mol. The molecule has 11 heteroatoms. The number of piperidine rings is 1. The lowest BCUT2D eigenvalue weighted by molar-refractivity contribution is -0.0221. The molecule has 4 heterocycles. The highest BCUT2D eigenvalue weighted by Crippen LogP contribution is 2.32. The normalized spacial score (nSPS) is 16.1. The molecule has 2 N–H and O–H groups in total. The van der Waals surface area contributed by atoms with Crippen LogP contribution in [0.3, 0.4) is 0 Å². The third kappa shape index (κ3) is 4.26. The van der Waals surface area contributed by atoms with Crippen LogP contribution in [-0.4, -0.2) is 44.5 Å². The lowest BCUT2D eigenvalue weighted by Crippen LogP contribution is -2.41. The van der Waals surface area contributed by atoms with E-state index in [0.29, 0.717) is 5.56 Å². The van der Waals surface area contributed by atoms with Gasteiger partial charge in [-0.15, -0.1) is 0 Å². The largest absolute Gasteiger partial charge is 0.476 e. The molecule has 3 aromatic heterocycles. The van der Waals surface area contributed by atoms with Gasteiger partial charge in [-0.3, -0.25) is 9.20 Å². The number of nitrogens with one attached hydrogen (secondary N) is 1. The number of nitriles is 1. The molecule has 1 aliphatic rings. The van der Waals surface area contributed by atoms with Crippen molar-refractivity contribution in [3.8, 4) is 6.07 Å². The van der Waals surface area contributed by atoms with Crippen LogP contribution < -0.4 is 15.8 Å². The maximum atomic E-state index is 13.7. The average molecular weight is 468 g/mol. The number of fused-ring (bicyclic) bond motifs is 1. The van der Waals surface area contributed by atoms with Crippen molar-refractivity contribution in [2.75, 3.05) is 23.3 Å². The van der Waals surface area contributed by atoms with E-state index in [4.69, 9.17) is 0 Å². The molecule has 0 bridgehead atoms. The van der Waals surface area contributed by atoms with E-state index >= 15 is 0 Å². The van der Waals surface area contributed by atoms with E-state index in [1.807, 2.05) is 6.07 Å². The maximum Gasteiger partial charge on any atom is 0.356 e. The SMILES string of the molecule is Cc1cc(C(C)Nc2cccnc2C(=O)O)c2nc(N3CCC(F)(F)CC3)c(C#N)c(=O)n2c1. The van der Waals surface area contributed by atoms with E-state index in [2.05, 4.69) is 15.3 Å². The number of aromatic nitrogens is 3. The van der Waals surface area contributed by atoms with Crippen molar-refractivity contribution in [3.05, 3.63) is 63.3 Å². The molecule has 1 fully saturated rings. The van der Waals surface area contributed by atoms with Gasteiger partial charge in [-0.1, -0.05) is 0 Å². The number of carboxylic acid groups (broad SMARTS) is 1. The number of aryl methyl sites for hydroxylation is 1. The number of pyridine rings is 2. The number of nitrogens with zero attached hydrogens (tertiary/aromatic N) is 5. The Morgan fingerprint density at radius 3 is 2.71 bits per heavy atom. The Balaban J connectivity index is 1.83. The first-order valence-electron chi connectivity index (χ1n) is 10.7. The van der Waals surface area contributed by atoms with E-state index < -0.39 is 36.3 Å². The summed E-state index contributed by atoms with van der Waals surface area (Å²) in [6, 6.07) is 6.37. The van der Waals surface area contributed by atoms with Crippen LogP contribution in [0.4, 0.5) is 20.3 Å². The molecule has 4 rings (SSSR count). The van der Waals surface area contributed by atoms with Gasteiger partial charge < -0.3 is 15.3 Å². The summed E-state index contributed by atoms with van der Waals surface area (Å²) in [5.74, 6) is -3.91. The summed E-state index contributed by atoms with van der Waals surface area (Å²) < 4.78 is 28.6. The van der Waals surface area contributed by atoms with Crippen molar-refractivity contribution < 1.29 is 18.7 Å². The van der Waals surface area contributed by atoms with Crippen LogP contribution in [0, 0.1) is 18.3 Å². The van der Waals surface area contributed by atoms with Crippen molar-refractivity contribution in [2.45, 2.75) is 38.7 Å². The Bertz CT molecular complexity index is 1370. The van der Waals surface area contributed by atoms with Crippen LogP contribution in [0.15, 0.2) is 35.4 Å². The Kier molecular flexibility index (Phi) is 5.91. The number of hydrogen-bond donors (Lipinski definition) is 2. The average Bonchev–Trinajstić information content (AvgIpc) is 2.79. The summed E-state index contributed by atoms with van der Waals surface area (Å²) in [4.78, 5) is 34.8. The molecule has 1 saturated heterocycles.